The van der Waals surface area contributed by atoms with E-state index in [1.54, 1.807) is 4.90 Å². The fourth-order valence-corrected chi connectivity index (χ4v) is 5.97. The number of aryl methyl sites for hydroxylation is 1. The van der Waals surface area contributed by atoms with E-state index in [1.165, 1.54) is 21.8 Å². The van der Waals surface area contributed by atoms with Crippen LogP contribution in [0.5, 0.6) is 0 Å². The Labute approximate surface area is 197 Å². The molecule has 2 aromatic carbocycles. The summed E-state index contributed by atoms with van der Waals surface area (Å²) in [4.78, 5) is 46.8. The Kier molecular flexibility index (Phi) is 5.98. The summed E-state index contributed by atoms with van der Waals surface area (Å²) in [6.07, 6.45) is 4.53. The van der Waals surface area contributed by atoms with Crippen LogP contribution in [-0.2, 0) is 20.8 Å². The van der Waals surface area contributed by atoms with E-state index in [1.807, 2.05) is 48.5 Å². The van der Waals surface area contributed by atoms with Crippen LogP contribution >= 0.6 is 11.3 Å². The minimum atomic E-state index is -0.191. The van der Waals surface area contributed by atoms with Gasteiger partial charge in [-0.15, -0.1) is 0 Å². The molecule has 2 atom stereocenters. The standard InChI is InChI=1S/C26H27N3O3S/c1-2-17-11-13-18(14-12-17)29(26-27-21-9-5-6-10-22(21)33-26)23(30)15-16-28-24(31)19-7-3-4-8-20(19)25(28)32/h5-6,9-14,19-20H,2-4,7-8,15-16H2,1H3/t19-,20-/m1/s1. The third kappa shape index (κ3) is 4.06. The Morgan fingerprint density at radius 3 is 2.33 bits per heavy atom. The molecule has 2 fully saturated rings. The average Bonchev–Trinajstić information content (AvgIpc) is 3.37. The SMILES string of the molecule is CCc1ccc(N(C(=O)CCN2C(=O)[C@@H]3CCCC[C@H]3C2=O)c2nc3ccccc3s2)cc1. The Morgan fingerprint density at radius 2 is 1.70 bits per heavy atom. The molecule has 170 valence electrons. The fraction of sp³-hybridized carbons (Fsp3) is 0.385. The van der Waals surface area contributed by atoms with Crippen molar-refractivity contribution >= 4 is 50.1 Å². The number of aromatic nitrogens is 1. The van der Waals surface area contributed by atoms with Crippen molar-refractivity contribution in [1.29, 1.82) is 0 Å². The van der Waals surface area contributed by atoms with E-state index in [0.717, 1.165) is 48.0 Å². The van der Waals surface area contributed by atoms with Crippen LogP contribution in [0.25, 0.3) is 10.2 Å². The van der Waals surface area contributed by atoms with Gasteiger partial charge in [0.15, 0.2) is 5.13 Å². The van der Waals surface area contributed by atoms with E-state index in [-0.39, 0.29) is 42.5 Å². The Balaban J connectivity index is 1.40. The second kappa shape index (κ2) is 9.06. The summed E-state index contributed by atoms with van der Waals surface area (Å²) >= 11 is 1.46. The van der Waals surface area contributed by atoms with Gasteiger partial charge in [-0.2, -0.15) is 0 Å². The van der Waals surface area contributed by atoms with E-state index >= 15 is 0 Å². The molecule has 7 heteroatoms. The van der Waals surface area contributed by atoms with Crippen molar-refractivity contribution in [2.75, 3.05) is 11.4 Å². The first-order chi connectivity index (χ1) is 16.1. The quantitative estimate of drug-likeness (QED) is 0.480. The van der Waals surface area contributed by atoms with E-state index in [2.05, 4.69) is 6.92 Å². The molecule has 0 unspecified atom stereocenters. The number of fused-ring (bicyclic) bond motifs is 2. The van der Waals surface area contributed by atoms with Crippen LogP contribution in [0.4, 0.5) is 10.8 Å². The molecule has 1 saturated carbocycles. The summed E-state index contributed by atoms with van der Waals surface area (Å²) in [5.41, 5.74) is 2.77. The molecule has 0 bridgehead atoms. The molecule has 3 aromatic rings. The van der Waals surface area contributed by atoms with Crippen molar-refractivity contribution < 1.29 is 14.4 Å². The van der Waals surface area contributed by atoms with Gasteiger partial charge in [-0.1, -0.05) is 55.4 Å². The van der Waals surface area contributed by atoms with Crippen molar-refractivity contribution in [2.24, 2.45) is 11.8 Å². The molecule has 1 aliphatic carbocycles. The van der Waals surface area contributed by atoms with Crippen LogP contribution in [0.15, 0.2) is 48.5 Å². The van der Waals surface area contributed by atoms with Gasteiger partial charge < -0.3 is 0 Å². The number of amides is 3. The lowest BCUT2D eigenvalue weighted by molar-refractivity contribution is -0.140. The third-order valence-corrected chi connectivity index (χ3v) is 7.83. The smallest absolute Gasteiger partial charge is 0.235 e. The van der Waals surface area contributed by atoms with E-state index in [0.29, 0.717) is 5.13 Å². The summed E-state index contributed by atoms with van der Waals surface area (Å²) in [5.74, 6) is -0.756. The van der Waals surface area contributed by atoms with Crippen molar-refractivity contribution in [3.8, 4) is 0 Å². The summed E-state index contributed by atoms with van der Waals surface area (Å²) in [6.45, 7) is 2.21. The first-order valence-corrected chi connectivity index (χ1v) is 12.5. The number of hydrogen-bond acceptors (Lipinski definition) is 5. The van der Waals surface area contributed by atoms with E-state index < -0.39 is 0 Å². The monoisotopic (exact) mass is 461 g/mol. The number of para-hydroxylation sites is 1. The molecule has 2 heterocycles. The number of likely N-dealkylation sites (tertiary alicyclic amines) is 1. The molecule has 1 saturated heterocycles. The topological polar surface area (TPSA) is 70.6 Å². The van der Waals surface area contributed by atoms with Crippen molar-refractivity contribution in [3.63, 3.8) is 0 Å². The van der Waals surface area contributed by atoms with Gasteiger partial charge >= 0.3 is 0 Å². The zero-order valence-electron chi connectivity index (χ0n) is 18.7. The molecule has 0 N–H and O–H groups in total. The highest BCUT2D eigenvalue weighted by Gasteiger charge is 2.48. The number of hydrogen-bond donors (Lipinski definition) is 0. The Bertz CT molecular complexity index is 1150. The molecule has 0 spiro atoms. The summed E-state index contributed by atoms with van der Waals surface area (Å²) in [6, 6.07) is 15.7. The predicted molar refractivity (Wildman–Crippen MR) is 129 cm³/mol. The molecular formula is C26H27N3O3S. The second-order valence-corrected chi connectivity index (χ2v) is 9.80. The van der Waals surface area contributed by atoms with Crippen LogP contribution < -0.4 is 4.90 Å². The Morgan fingerprint density at radius 1 is 1.03 bits per heavy atom. The highest BCUT2D eigenvalue weighted by atomic mass is 32.1. The molecular weight excluding hydrogens is 434 g/mol. The van der Waals surface area contributed by atoms with Gasteiger partial charge in [-0.3, -0.25) is 24.2 Å². The van der Waals surface area contributed by atoms with Gasteiger partial charge in [0.1, 0.15) is 0 Å². The molecule has 33 heavy (non-hydrogen) atoms. The molecule has 1 aliphatic heterocycles. The lowest BCUT2D eigenvalue weighted by Gasteiger charge is -2.22. The minimum absolute atomic E-state index is 0.0718. The summed E-state index contributed by atoms with van der Waals surface area (Å²) in [7, 11) is 0. The van der Waals surface area contributed by atoms with Crippen LogP contribution in [-0.4, -0.2) is 34.2 Å². The van der Waals surface area contributed by atoms with Crippen LogP contribution in [0.3, 0.4) is 0 Å². The largest absolute Gasteiger partial charge is 0.282 e. The predicted octanol–water partition coefficient (Wildman–Crippen LogP) is 5.09. The summed E-state index contributed by atoms with van der Waals surface area (Å²) in [5, 5.41) is 0.596. The van der Waals surface area contributed by atoms with E-state index in [9.17, 15) is 14.4 Å². The number of carbonyl (C=O) groups is 3. The second-order valence-electron chi connectivity index (χ2n) is 8.79. The number of imide groups is 1. The number of nitrogens with zero attached hydrogens (tertiary/aromatic N) is 3. The van der Waals surface area contributed by atoms with Gasteiger partial charge in [-0.05, 0) is 49.1 Å². The van der Waals surface area contributed by atoms with Gasteiger partial charge in [0.25, 0.3) is 0 Å². The molecule has 2 aliphatic rings. The zero-order chi connectivity index (χ0) is 22.9. The Hall–Kier alpha value is -3.06. The lowest BCUT2D eigenvalue weighted by Crippen LogP contribution is -2.36. The first-order valence-electron chi connectivity index (χ1n) is 11.7. The van der Waals surface area contributed by atoms with E-state index in [4.69, 9.17) is 4.98 Å². The molecule has 1 aromatic heterocycles. The number of thiazole rings is 1. The first kappa shape index (κ1) is 21.8. The molecule has 6 nitrogen and oxygen atoms in total. The normalized spacial score (nSPS) is 20.3. The van der Waals surface area contributed by atoms with Gasteiger partial charge in [0.2, 0.25) is 17.7 Å². The fourth-order valence-electron chi connectivity index (χ4n) is 4.97. The van der Waals surface area contributed by atoms with Crippen molar-refractivity contribution in [3.05, 3.63) is 54.1 Å². The number of carbonyl (C=O) groups excluding carboxylic acids is 3. The summed E-state index contributed by atoms with van der Waals surface area (Å²) < 4.78 is 1.00. The maximum absolute atomic E-state index is 13.5. The van der Waals surface area contributed by atoms with Crippen LogP contribution in [0.2, 0.25) is 0 Å². The number of rotatable bonds is 6. The molecule has 0 radical (unpaired) electrons. The van der Waals surface area contributed by atoms with Crippen LogP contribution in [0.1, 0.15) is 44.6 Å². The third-order valence-electron chi connectivity index (χ3n) is 6.81. The average molecular weight is 462 g/mol. The molecule has 3 amide bonds. The van der Waals surface area contributed by atoms with Crippen molar-refractivity contribution in [2.45, 2.75) is 45.4 Å². The molecule has 5 rings (SSSR count). The highest BCUT2D eigenvalue weighted by molar-refractivity contribution is 7.22. The van der Waals surface area contributed by atoms with Gasteiger partial charge in [0.05, 0.1) is 27.7 Å². The van der Waals surface area contributed by atoms with Crippen LogP contribution in [0, 0.1) is 11.8 Å². The zero-order valence-corrected chi connectivity index (χ0v) is 19.5. The van der Waals surface area contributed by atoms with Gasteiger partial charge in [0, 0.05) is 13.0 Å². The number of benzene rings is 2. The lowest BCUT2D eigenvalue weighted by atomic mass is 9.81. The number of anilines is 2. The highest BCUT2D eigenvalue weighted by Crippen LogP contribution is 2.38. The maximum atomic E-state index is 13.5. The minimum Gasteiger partial charge on any atom is -0.282 e. The van der Waals surface area contributed by atoms with Gasteiger partial charge in [-0.25, -0.2) is 4.98 Å². The maximum Gasteiger partial charge on any atom is 0.235 e. The van der Waals surface area contributed by atoms with Crippen molar-refractivity contribution in [1.82, 2.24) is 9.88 Å².